The molecule has 0 atom stereocenters. The molecule has 2 rings (SSSR count). The standard InChI is InChI=1S/C18H29N3O2/c1-18(2,3)19-10-9-17(22)21-13-11-20(12-14-21)15-7-5-6-8-16(15)23-4/h5-8,19H,9-14H2,1-4H3. The lowest BCUT2D eigenvalue weighted by Gasteiger charge is -2.36. The molecule has 128 valence electrons. The second-order valence-corrected chi connectivity index (χ2v) is 6.97. The van der Waals surface area contributed by atoms with Crippen LogP contribution in [0.25, 0.3) is 0 Å². The Labute approximate surface area is 139 Å². The van der Waals surface area contributed by atoms with Crippen molar-refractivity contribution < 1.29 is 9.53 Å². The van der Waals surface area contributed by atoms with Gasteiger partial charge in [-0.05, 0) is 32.9 Å². The fourth-order valence-corrected chi connectivity index (χ4v) is 2.79. The van der Waals surface area contributed by atoms with Crippen LogP contribution in [0.5, 0.6) is 5.75 Å². The minimum atomic E-state index is 0.0584. The third kappa shape index (κ3) is 5.13. The monoisotopic (exact) mass is 319 g/mol. The molecule has 1 aromatic rings. The second-order valence-electron chi connectivity index (χ2n) is 6.97. The van der Waals surface area contributed by atoms with E-state index in [1.165, 1.54) is 0 Å². The summed E-state index contributed by atoms with van der Waals surface area (Å²) in [4.78, 5) is 16.5. The van der Waals surface area contributed by atoms with Gasteiger partial charge in [0.2, 0.25) is 5.91 Å². The largest absolute Gasteiger partial charge is 0.495 e. The van der Waals surface area contributed by atoms with Crippen LogP contribution < -0.4 is 15.0 Å². The van der Waals surface area contributed by atoms with Crippen LogP contribution >= 0.6 is 0 Å². The molecule has 1 fully saturated rings. The summed E-state index contributed by atoms with van der Waals surface area (Å²) >= 11 is 0. The Bertz CT molecular complexity index is 517. The number of ether oxygens (including phenoxy) is 1. The number of anilines is 1. The van der Waals surface area contributed by atoms with E-state index in [1.54, 1.807) is 7.11 Å². The summed E-state index contributed by atoms with van der Waals surface area (Å²) in [6.07, 6.45) is 0.561. The first-order valence-corrected chi connectivity index (χ1v) is 8.31. The average Bonchev–Trinajstić information content (AvgIpc) is 2.53. The van der Waals surface area contributed by atoms with Crippen LogP contribution in [0.2, 0.25) is 0 Å². The molecular weight excluding hydrogens is 290 g/mol. The summed E-state index contributed by atoms with van der Waals surface area (Å²) in [5.74, 6) is 1.13. The molecule has 1 amide bonds. The molecule has 0 aromatic heterocycles. The lowest BCUT2D eigenvalue weighted by Crippen LogP contribution is -2.49. The van der Waals surface area contributed by atoms with Gasteiger partial charge in [-0.15, -0.1) is 0 Å². The van der Waals surface area contributed by atoms with E-state index in [0.29, 0.717) is 6.42 Å². The van der Waals surface area contributed by atoms with Crippen molar-refractivity contribution in [2.45, 2.75) is 32.7 Å². The van der Waals surface area contributed by atoms with Gasteiger partial charge in [0, 0.05) is 44.7 Å². The van der Waals surface area contributed by atoms with Gasteiger partial charge >= 0.3 is 0 Å². The van der Waals surface area contributed by atoms with Gasteiger partial charge in [-0.25, -0.2) is 0 Å². The molecule has 23 heavy (non-hydrogen) atoms. The first kappa shape index (κ1) is 17.6. The van der Waals surface area contributed by atoms with Gasteiger partial charge in [-0.1, -0.05) is 12.1 Å². The van der Waals surface area contributed by atoms with Gasteiger partial charge in [-0.3, -0.25) is 4.79 Å². The predicted molar refractivity (Wildman–Crippen MR) is 94.2 cm³/mol. The summed E-state index contributed by atoms with van der Waals surface area (Å²) in [5, 5.41) is 3.37. The Morgan fingerprint density at radius 2 is 1.83 bits per heavy atom. The van der Waals surface area contributed by atoms with Crippen molar-refractivity contribution in [1.29, 1.82) is 0 Å². The number of nitrogens with zero attached hydrogens (tertiary/aromatic N) is 2. The molecule has 1 aliphatic heterocycles. The highest BCUT2D eigenvalue weighted by Crippen LogP contribution is 2.28. The van der Waals surface area contributed by atoms with Crippen LogP contribution in [0.4, 0.5) is 5.69 Å². The highest BCUT2D eigenvalue weighted by atomic mass is 16.5. The van der Waals surface area contributed by atoms with Crippen LogP contribution in [0.15, 0.2) is 24.3 Å². The van der Waals surface area contributed by atoms with E-state index in [1.807, 2.05) is 23.1 Å². The van der Waals surface area contributed by atoms with Gasteiger partial charge in [0.1, 0.15) is 5.75 Å². The number of nitrogens with one attached hydrogen (secondary N) is 1. The number of para-hydroxylation sites is 2. The number of hydrogen-bond donors (Lipinski definition) is 1. The van der Waals surface area contributed by atoms with Crippen molar-refractivity contribution in [3.05, 3.63) is 24.3 Å². The Hall–Kier alpha value is -1.75. The molecule has 1 N–H and O–H groups in total. The number of rotatable bonds is 5. The normalized spacial score (nSPS) is 15.7. The Balaban J connectivity index is 1.82. The molecule has 5 heteroatoms. The molecule has 5 nitrogen and oxygen atoms in total. The van der Waals surface area contributed by atoms with E-state index in [-0.39, 0.29) is 11.4 Å². The number of methoxy groups -OCH3 is 1. The number of amides is 1. The average molecular weight is 319 g/mol. The van der Waals surface area contributed by atoms with Crippen LogP contribution in [0, 0.1) is 0 Å². The third-order valence-corrected chi connectivity index (χ3v) is 4.05. The number of carbonyl (C=O) groups is 1. The summed E-state index contributed by atoms with van der Waals surface area (Å²) in [6, 6.07) is 8.05. The molecule has 1 aromatic carbocycles. The molecule has 0 radical (unpaired) electrons. The lowest BCUT2D eigenvalue weighted by molar-refractivity contribution is -0.131. The number of hydrogen-bond acceptors (Lipinski definition) is 4. The quantitative estimate of drug-likeness (QED) is 0.903. The third-order valence-electron chi connectivity index (χ3n) is 4.05. The molecule has 0 spiro atoms. The van der Waals surface area contributed by atoms with Gasteiger partial charge in [0.05, 0.1) is 12.8 Å². The molecule has 0 aliphatic carbocycles. The molecular formula is C18H29N3O2. The highest BCUT2D eigenvalue weighted by molar-refractivity contribution is 5.76. The van der Waals surface area contributed by atoms with Crippen LogP contribution in [-0.2, 0) is 4.79 Å². The van der Waals surface area contributed by atoms with Gasteiger partial charge in [0.25, 0.3) is 0 Å². The number of piperazine rings is 1. The minimum absolute atomic E-state index is 0.0584. The Kier molecular flexibility index (Phi) is 5.88. The van der Waals surface area contributed by atoms with Crippen molar-refractivity contribution in [2.75, 3.05) is 44.7 Å². The summed E-state index contributed by atoms with van der Waals surface area (Å²) < 4.78 is 5.43. The molecule has 0 saturated carbocycles. The second kappa shape index (κ2) is 7.68. The van der Waals surface area contributed by atoms with E-state index < -0.39 is 0 Å². The van der Waals surface area contributed by atoms with E-state index in [2.05, 4.69) is 37.1 Å². The summed E-state index contributed by atoms with van der Waals surface area (Å²) in [6.45, 7) is 10.3. The Morgan fingerprint density at radius 3 is 2.43 bits per heavy atom. The molecule has 1 saturated heterocycles. The molecule has 1 heterocycles. The zero-order valence-electron chi connectivity index (χ0n) is 14.8. The van der Waals surface area contributed by atoms with E-state index in [9.17, 15) is 4.79 Å². The van der Waals surface area contributed by atoms with E-state index in [0.717, 1.165) is 44.2 Å². The SMILES string of the molecule is COc1ccccc1N1CCN(C(=O)CCNC(C)(C)C)CC1. The molecule has 1 aliphatic rings. The summed E-state index contributed by atoms with van der Waals surface area (Å²) in [5.41, 5.74) is 1.17. The smallest absolute Gasteiger partial charge is 0.223 e. The topological polar surface area (TPSA) is 44.8 Å². The van der Waals surface area contributed by atoms with Crippen LogP contribution in [0.1, 0.15) is 27.2 Å². The van der Waals surface area contributed by atoms with E-state index >= 15 is 0 Å². The maximum atomic E-state index is 12.3. The zero-order chi connectivity index (χ0) is 16.9. The van der Waals surface area contributed by atoms with Crippen molar-refractivity contribution in [1.82, 2.24) is 10.2 Å². The highest BCUT2D eigenvalue weighted by Gasteiger charge is 2.22. The minimum Gasteiger partial charge on any atom is -0.495 e. The Morgan fingerprint density at radius 1 is 1.17 bits per heavy atom. The first-order valence-electron chi connectivity index (χ1n) is 8.31. The van der Waals surface area contributed by atoms with Crippen molar-refractivity contribution in [3.63, 3.8) is 0 Å². The fourth-order valence-electron chi connectivity index (χ4n) is 2.79. The lowest BCUT2D eigenvalue weighted by atomic mass is 10.1. The van der Waals surface area contributed by atoms with Crippen molar-refractivity contribution in [2.24, 2.45) is 0 Å². The maximum Gasteiger partial charge on any atom is 0.223 e. The molecule has 0 unspecified atom stereocenters. The zero-order valence-corrected chi connectivity index (χ0v) is 14.8. The number of benzene rings is 1. The fraction of sp³-hybridized carbons (Fsp3) is 0.611. The van der Waals surface area contributed by atoms with Crippen molar-refractivity contribution in [3.8, 4) is 5.75 Å². The van der Waals surface area contributed by atoms with Gasteiger partial charge < -0.3 is 19.9 Å². The van der Waals surface area contributed by atoms with Crippen LogP contribution in [-0.4, -0.2) is 56.2 Å². The first-order chi connectivity index (χ1) is 10.9. The van der Waals surface area contributed by atoms with Crippen molar-refractivity contribution >= 4 is 11.6 Å². The summed E-state index contributed by atoms with van der Waals surface area (Å²) in [7, 11) is 1.70. The number of carbonyl (C=O) groups excluding carboxylic acids is 1. The molecule has 0 bridgehead atoms. The van der Waals surface area contributed by atoms with Gasteiger partial charge in [0.15, 0.2) is 0 Å². The van der Waals surface area contributed by atoms with Gasteiger partial charge in [-0.2, -0.15) is 0 Å². The maximum absolute atomic E-state index is 12.3. The van der Waals surface area contributed by atoms with E-state index in [4.69, 9.17) is 4.74 Å². The predicted octanol–water partition coefficient (Wildman–Crippen LogP) is 2.12. The van der Waals surface area contributed by atoms with Crippen LogP contribution in [0.3, 0.4) is 0 Å².